The molecule has 1 N–H and O–H groups in total. The average Bonchev–Trinajstić information content (AvgIpc) is 2.20. The molecule has 1 aromatic carbocycles. The van der Waals surface area contributed by atoms with Crippen LogP contribution >= 0.6 is 15.9 Å². The second-order valence-corrected chi connectivity index (χ2v) is 4.06. The molecule has 0 amide bonds. The van der Waals surface area contributed by atoms with E-state index >= 15 is 0 Å². The number of benzene rings is 1. The molecule has 5 heteroatoms. The number of para-hydroxylation sites is 1. The molecular formula is C11H9BrN2O2. The minimum atomic E-state index is -0.227. The third-order valence-electron chi connectivity index (χ3n) is 1.89. The summed E-state index contributed by atoms with van der Waals surface area (Å²) in [6, 6.07) is 8.69. The van der Waals surface area contributed by atoms with E-state index in [1.54, 1.807) is 13.0 Å². The second-order valence-electron chi connectivity index (χ2n) is 3.20. The van der Waals surface area contributed by atoms with Crippen molar-refractivity contribution >= 4 is 15.9 Å². The van der Waals surface area contributed by atoms with Crippen molar-refractivity contribution in [2.24, 2.45) is 0 Å². The largest absolute Gasteiger partial charge is 0.438 e. The number of aryl methyl sites for hydroxylation is 1. The number of nitrogens with zero attached hydrogens (tertiary/aromatic N) is 1. The van der Waals surface area contributed by atoms with Crippen LogP contribution in [0.15, 0.2) is 39.6 Å². The van der Waals surface area contributed by atoms with Gasteiger partial charge in [-0.1, -0.05) is 12.1 Å². The van der Waals surface area contributed by atoms with Crippen molar-refractivity contribution in [3.63, 3.8) is 0 Å². The van der Waals surface area contributed by atoms with Crippen molar-refractivity contribution in [1.82, 2.24) is 9.97 Å². The van der Waals surface area contributed by atoms with E-state index in [4.69, 9.17) is 4.74 Å². The minimum Gasteiger partial charge on any atom is -0.438 e. The minimum absolute atomic E-state index is 0.227. The van der Waals surface area contributed by atoms with Gasteiger partial charge in [0.25, 0.3) is 5.56 Å². The maximum absolute atomic E-state index is 11.2. The van der Waals surface area contributed by atoms with Crippen LogP contribution in [0.3, 0.4) is 0 Å². The fourth-order valence-corrected chi connectivity index (χ4v) is 1.61. The lowest BCUT2D eigenvalue weighted by atomic mass is 10.3. The normalized spacial score (nSPS) is 10.1. The molecule has 0 spiro atoms. The molecule has 0 aliphatic heterocycles. The van der Waals surface area contributed by atoms with Crippen LogP contribution in [0, 0.1) is 6.92 Å². The molecule has 1 heterocycles. The van der Waals surface area contributed by atoms with Crippen LogP contribution < -0.4 is 10.3 Å². The molecule has 2 rings (SSSR count). The first-order valence-electron chi connectivity index (χ1n) is 4.65. The molecular weight excluding hydrogens is 272 g/mol. The van der Waals surface area contributed by atoms with Gasteiger partial charge in [-0.25, -0.2) is 4.98 Å². The molecule has 16 heavy (non-hydrogen) atoms. The van der Waals surface area contributed by atoms with Gasteiger partial charge in [-0.2, -0.15) is 0 Å². The van der Waals surface area contributed by atoms with Gasteiger partial charge in [-0.05, 0) is 35.0 Å². The first-order valence-corrected chi connectivity index (χ1v) is 5.45. The number of ether oxygens (including phenoxy) is 1. The van der Waals surface area contributed by atoms with E-state index in [0.717, 1.165) is 4.47 Å². The Morgan fingerprint density at radius 1 is 1.38 bits per heavy atom. The van der Waals surface area contributed by atoms with Crippen LogP contribution in [0.1, 0.15) is 5.82 Å². The topological polar surface area (TPSA) is 55.0 Å². The molecule has 4 nitrogen and oxygen atoms in total. The van der Waals surface area contributed by atoms with E-state index in [1.165, 1.54) is 6.07 Å². The van der Waals surface area contributed by atoms with Gasteiger partial charge in [0.2, 0.25) is 5.88 Å². The number of hydrogen-bond acceptors (Lipinski definition) is 3. The number of aromatic nitrogens is 2. The Labute approximate surface area is 100 Å². The third kappa shape index (κ3) is 2.49. The highest BCUT2D eigenvalue weighted by atomic mass is 79.9. The third-order valence-corrected chi connectivity index (χ3v) is 2.54. The Hall–Kier alpha value is -1.62. The number of hydrogen-bond donors (Lipinski definition) is 1. The molecule has 0 saturated heterocycles. The lowest BCUT2D eigenvalue weighted by Crippen LogP contribution is -2.08. The molecule has 0 aliphatic carbocycles. The Balaban J connectivity index is 2.34. The summed E-state index contributed by atoms with van der Waals surface area (Å²) < 4.78 is 6.31. The quantitative estimate of drug-likeness (QED) is 0.920. The Morgan fingerprint density at radius 3 is 2.81 bits per heavy atom. The first-order chi connectivity index (χ1) is 7.65. The molecule has 82 valence electrons. The van der Waals surface area contributed by atoms with Gasteiger partial charge in [0.05, 0.1) is 10.5 Å². The van der Waals surface area contributed by atoms with E-state index in [2.05, 4.69) is 25.9 Å². The van der Waals surface area contributed by atoms with Gasteiger partial charge < -0.3 is 9.72 Å². The van der Waals surface area contributed by atoms with Crippen LogP contribution in [0.25, 0.3) is 0 Å². The zero-order valence-corrected chi connectivity index (χ0v) is 10.1. The van der Waals surface area contributed by atoms with Crippen molar-refractivity contribution in [2.75, 3.05) is 0 Å². The lowest BCUT2D eigenvalue weighted by molar-refractivity contribution is 0.456. The van der Waals surface area contributed by atoms with Crippen LogP contribution in [-0.2, 0) is 0 Å². The molecule has 1 aromatic heterocycles. The Morgan fingerprint density at radius 2 is 2.12 bits per heavy atom. The number of nitrogens with one attached hydrogen (secondary N) is 1. The molecule has 0 bridgehead atoms. The highest BCUT2D eigenvalue weighted by molar-refractivity contribution is 9.10. The molecule has 2 aromatic rings. The van der Waals surface area contributed by atoms with Gasteiger partial charge in [-0.3, -0.25) is 4.79 Å². The summed E-state index contributed by atoms with van der Waals surface area (Å²) in [5.74, 6) is 1.43. The average molecular weight is 281 g/mol. The van der Waals surface area contributed by atoms with Gasteiger partial charge in [0.15, 0.2) is 0 Å². The number of aromatic amines is 1. The SMILES string of the molecule is Cc1nc(Oc2ccccc2Br)cc(=O)[nH]1. The highest BCUT2D eigenvalue weighted by Crippen LogP contribution is 2.27. The summed E-state index contributed by atoms with van der Waals surface area (Å²) in [6.45, 7) is 1.70. The standard InChI is InChI=1S/C11H9BrN2O2/c1-7-13-10(15)6-11(14-7)16-9-5-3-2-4-8(9)12/h2-6H,1H3,(H,13,14,15). The van der Waals surface area contributed by atoms with Gasteiger partial charge >= 0.3 is 0 Å². The molecule has 0 atom stereocenters. The molecule has 0 unspecified atom stereocenters. The van der Waals surface area contributed by atoms with E-state index in [0.29, 0.717) is 11.6 Å². The van der Waals surface area contributed by atoms with Crippen molar-refractivity contribution < 1.29 is 4.74 Å². The summed E-state index contributed by atoms with van der Waals surface area (Å²) in [6.07, 6.45) is 0. The van der Waals surface area contributed by atoms with E-state index < -0.39 is 0 Å². The van der Waals surface area contributed by atoms with Gasteiger partial charge in [0, 0.05) is 0 Å². The molecule has 0 fully saturated rings. The fraction of sp³-hybridized carbons (Fsp3) is 0.0909. The van der Waals surface area contributed by atoms with Gasteiger partial charge in [0.1, 0.15) is 11.6 Å². The Bertz CT molecular complexity index is 566. The van der Waals surface area contributed by atoms with Crippen molar-refractivity contribution in [2.45, 2.75) is 6.92 Å². The second kappa shape index (κ2) is 4.49. The van der Waals surface area contributed by atoms with Crippen molar-refractivity contribution in [3.8, 4) is 11.6 Å². The summed E-state index contributed by atoms with van der Waals surface area (Å²) in [7, 11) is 0. The highest BCUT2D eigenvalue weighted by Gasteiger charge is 2.03. The molecule has 0 saturated carbocycles. The van der Waals surface area contributed by atoms with E-state index in [-0.39, 0.29) is 11.4 Å². The summed E-state index contributed by atoms with van der Waals surface area (Å²) in [5.41, 5.74) is -0.227. The molecule has 0 aliphatic rings. The van der Waals surface area contributed by atoms with Crippen molar-refractivity contribution in [1.29, 1.82) is 0 Å². The summed E-state index contributed by atoms with van der Waals surface area (Å²) in [4.78, 5) is 17.8. The van der Waals surface area contributed by atoms with E-state index in [9.17, 15) is 4.79 Å². The van der Waals surface area contributed by atoms with Crippen LogP contribution in [0.5, 0.6) is 11.6 Å². The first kappa shape index (κ1) is 10.9. The predicted octanol–water partition coefficient (Wildman–Crippen LogP) is 2.63. The van der Waals surface area contributed by atoms with Crippen molar-refractivity contribution in [3.05, 3.63) is 51.0 Å². The zero-order valence-electron chi connectivity index (χ0n) is 8.53. The lowest BCUT2D eigenvalue weighted by Gasteiger charge is -2.06. The van der Waals surface area contributed by atoms with Crippen LogP contribution in [0.2, 0.25) is 0 Å². The van der Waals surface area contributed by atoms with Crippen LogP contribution in [0.4, 0.5) is 0 Å². The maximum Gasteiger partial charge on any atom is 0.254 e. The zero-order chi connectivity index (χ0) is 11.5. The summed E-state index contributed by atoms with van der Waals surface area (Å²) >= 11 is 3.35. The number of rotatable bonds is 2. The Kier molecular flexibility index (Phi) is 3.05. The van der Waals surface area contributed by atoms with Gasteiger partial charge in [-0.15, -0.1) is 0 Å². The van der Waals surface area contributed by atoms with E-state index in [1.807, 2.05) is 18.2 Å². The maximum atomic E-state index is 11.2. The summed E-state index contributed by atoms with van der Waals surface area (Å²) in [5, 5.41) is 0. The monoisotopic (exact) mass is 280 g/mol. The smallest absolute Gasteiger partial charge is 0.254 e. The fourth-order valence-electron chi connectivity index (χ4n) is 1.24. The predicted molar refractivity (Wildman–Crippen MR) is 63.8 cm³/mol. The van der Waals surface area contributed by atoms with Crippen LogP contribution in [-0.4, -0.2) is 9.97 Å². The molecule has 0 radical (unpaired) electrons. The number of H-pyrrole nitrogens is 1. The number of halogens is 1.